The molecular weight excluding hydrogens is 933 g/mol. The highest BCUT2D eigenvalue weighted by Gasteiger charge is 2.48. The summed E-state index contributed by atoms with van der Waals surface area (Å²) in [5.41, 5.74) is 0.928. The Kier molecular flexibility index (Phi) is 27.9. The second kappa shape index (κ2) is 28.4. The molecule has 0 aromatic carbocycles. The Hall–Kier alpha value is -1.45. The molecule has 1 N–H and O–H groups in total. The van der Waals surface area contributed by atoms with Gasteiger partial charge in [-0.2, -0.15) is 0 Å². The third-order valence-electron chi connectivity index (χ3n) is 17.1. The van der Waals surface area contributed by atoms with E-state index in [0.29, 0.717) is 22.5 Å². The first-order valence-corrected chi connectivity index (χ1v) is 38.2. The molecule has 0 aromatic rings. The van der Waals surface area contributed by atoms with Gasteiger partial charge in [-0.1, -0.05) is 195 Å². The average Bonchev–Trinajstić information content (AvgIpc) is 3.20. The smallest absolute Gasteiger partial charge is 0.317 e. The summed E-state index contributed by atoms with van der Waals surface area (Å²) >= 11 is 0. The summed E-state index contributed by atoms with van der Waals surface area (Å²) in [5.74, 6) is 0.253. The number of hydrogen-bond acceptors (Lipinski definition) is 7. The minimum atomic E-state index is -2.35. The summed E-state index contributed by atoms with van der Waals surface area (Å²) in [4.78, 5) is 27.3. The van der Waals surface area contributed by atoms with Crippen LogP contribution in [0.1, 0.15) is 171 Å². The van der Waals surface area contributed by atoms with Crippen molar-refractivity contribution in [3.8, 4) is 0 Å². The average molecular weight is 1050 g/mol. The first kappa shape index (κ1) is 68.5. The Morgan fingerprint density at radius 1 is 0.557 bits per heavy atom. The van der Waals surface area contributed by atoms with Crippen LogP contribution in [0.25, 0.3) is 0 Å². The van der Waals surface area contributed by atoms with Gasteiger partial charge in [-0.25, -0.2) is 4.79 Å². The number of hydrogen-bond donors (Lipinski definition) is 1. The molecule has 70 heavy (non-hydrogen) atoms. The summed E-state index contributed by atoms with van der Waals surface area (Å²) in [6.07, 6.45) is 19.0. The lowest BCUT2D eigenvalue weighted by Gasteiger charge is -2.43. The lowest BCUT2D eigenvalue weighted by atomic mass is 9.82. The van der Waals surface area contributed by atoms with Crippen molar-refractivity contribution in [3.63, 3.8) is 0 Å². The van der Waals surface area contributed by atoms with E-state index in [2.05, 4.69) is 203 Å². The number of rotatable bonds is 30. The third-order valence-corrected chi connectivity index (χ3v) is 36.5. The molecule has 7 nitrogen and oxygen atoms in total. The van der Waals surface area contributed by atoms with Crippen molar-refractivity contribution in [2.45, 2.75) is 267 Å². The van der Waals surface area contributed by atoms with E-state index >= 15 is 0 Å². The molecule has 0 amide bonds. The molecule has 0 bridgehead atoms. The molecule has 0 radical (unpaired) electrons. The van der Waals surface area contributed by atoms with E-state index in [1.165, 1.54) is 0 Å². The SMILES string of the molecule is C=C/C=C\[C@H](C)[C@H](O)[C@@H](C)[C@@H](CC[C@H](C)C[C@H](C)[C@@H](O[Si](C)(C)C(C)(C)C)[C@@H](C)/C=C\C(=O)C[C@H](O[Si](C)(C)C(C)(C)C)[C@H](C)/C=C/C=C\C(=O)O[Si](C(C)C)(C(C)C)C(C)C)O[Si](C)(C)C(C)(C)C. The predicted molar refractivity (Wildman–Crippen MR) is 315 cm³/mol. The highest BCUT2D eigenvalue weighted by Crippen LogP contribution is 2.44. The van der Waals surface area contributed by atoms with Crippen LogP contribution in [0.15, 0.2) is 61.3 Å². The van der Waals surface area contributed by atoms with Crippen LogP contribution < -0.4 is 0 Å². The van der Waals surface area contributed by atoms with Crippen LogP contribution >= 0.6 is 0 Å². The number of carbonyl (C=O) groups excluding carboxylic acids is 2. The lowest BCUT2D eigenvalue weighted by Crippen LogP contribution is -2.49. The summed E-state index contributed by atoms with van der Waals surface area (Å²) in [5, 5.41) is 11.6. The van der Waals surface area contributed by atoms with E-state index in [0.717, 1.165) is 19.3 Å². The maximum Gasteiger partial charge on any atom is 0.317 e. The zero-order valence-corrected chi connectivity index (χ0v) is 54.6. The molecule has 0 aliphatic rings. The Labute approximate surface area is 438 Å². The largest absolute Gasteiger partial charge is 0.515 e. The van der Waals surface area contributed by atoms with Crippen molar-refractivity contribution in [1.29, 1.82) is 0 Å². The van der Waals surface area contributed by atoms with Gasteiger partial charge in [-0.3, -0.25) is 4.79 Å². The summed E-state index contributed by atoms with van der Waals surface area (Å²) in [6, 6.07) is 0. The number of aliphatic hydroxyl groups excluding tert-OH is 1. The molecule has 0 aromatic heterocycles. The first-order valence-electron chi connectivity index (χ1n) is 27.3. The fraction of sp³-hybridized carbons (Fsp3) is 0.797. The molecular formula is C59H114O7Si4. The molecule has 0 aliphatic heterocycles. The Morgan fingerprint density at radius 2 is 1.00 bits per heavy atom. The Balaban J connectivity index is 6.66. The van der Waals surface area contributed by atoms with E-state index in [1.807, 2.05) is 18.2 Å². The van der Waals surface area contributed by atoms with Crippen LogP contribution in [0.5, 0.6) is 0 Å². The van der Waals surface area contributed by atoms with Gasteiger partial charge in [-0.05, 0) is 120 Å². The van der Waals surface area contributed by atoms with Crippen LogP contribution in [-0.2, 0) is 27.3 Å². The van der Waals surface area contributed by atoms with Crippen LogP contribution in [0.2, 0.25) is 71.0 Å². The van der Waals surface area contributed by atoms with Crippen molar-refractivity contribution in [2.75, 3.05) is 0 Å². The van der Waals surface area contributed by atoms with Crippen LogP contribution in [-0.4, -0.2) is 74.5 Å². The fourth-order valence-corrected chi connectivity index (χ4v) is 18.7. The lowest BCUT2D eigenvalue weighted by molar-refractivity contribution is -0.130. The Morgan fingerprint density at radius 3 is 1.44 bits per heavy atom. The van der Waals surface area contributed by atoms with E-state index in [4.69, 9.17) is 17.7 Å². The molecule has 10 atom stereocenters. The predicted octanol–water partition coefficient (Wildman–Crippen LogP) is 17.6. The van der Waals surface area contributed by atoms with E-state index in [-0.39, 0.29) is 81.2 Å². The van der Waals surface area contributed by atoms with Crippen LogP contribution in [0.3, 0.4) is 0 Å². The Bertz CT molecular complexity index is 1680. The number of aliphatic hydroxyl groups is 1. The summed E-state index contributed by atoms with van der Waals surface area (Å²) < 4.78 is 27.8. The quantitative estimate of drug-likeness (QED) is 0.0435. The topological polar surface area (TPSA) is 91.3 Å². The molecule has 0 fully saturated rings. The zero-order chi connectivity index (χ0) is 55.2. The van der Waals surface area contributed by atoms with Gasteiger partial charge in [0.1, 0.15) is 0 Å². The minimum absolute atomic E-state index is 0.000996. The normalized spacial score (nSPS) is 18.7. The molecule has 0 unspecified atom stereocenters. The molecule has 0 saturated heterocycles. The monoisotopic (exact) mass is 1050 g/mol. The molecule has 408 valence electrons. The summed E-state index contributed by atoms with van der Waals surface area (Å²) in [6.45, 7) is 64.3. The van der Waals surface area contributed by atoms with Gasteiger partial charge in [0.15, 0.2) is 30.7 Å². The van der Waals surface area contributed by atoms with Gasteiger partial charge in [0.25, 0.3) is 8.32 Å². The fourth-order valence-electron chi connectivity index (χ4n) is 9.23. The van der Waals surface area contributed by atoms with Gasteiger partial charge in [-0.15, -0.1) is 0 Å². The maximum absolute atomic E-state index is 14.1. The van der Waals surface area contributed by atoms with Crippen molar-refractivity contribution in [2.24, 2.45) is 35.5 Å². The second-order valence-corrected chi connectivity index (χ2v) is 46.8. The number of ketones is 1. The minimum Gasteiger partial charge on any atom is -0.515 e. The van der Waals surface area contributed by atoms with Gasteiger partial charge < -0.3 is 22.8 Å². The summed E-state index contributed by atoms with van der Waals surface area (Å²) in [7, 11) is -8.92. The van der Waals surface area contributed by atoms with Gasteiger partial charge in [0.05, 0.1) is 24.4 Å². The van der Waals surface area contributed by atoms with Crippen molar-refractivity contribution >= 4 is 45.0 Å². The molecule has 0 saturated carbocycles. The van der Waals surface area contributed by atoms with Gasteiger partial charge in [0, 0.05) is 24.3 Å². The molecule has 0 heterocycles. The van der Waals surface area contributed by atoms with E-state index in [1.54, 1.807) is 24.3 Å². The third kappa shape index (κ3) is 21.0. The van der Waals surface area contributed by atoms with Crippen molar-refractivity contribution < 1.29 is 32.4 Å². The maximum atomic E-state index is 14.1. The van der Waals surface area contributed by atoms with Crippen LogP contribution in [0.4, 0.5) is 0 Å². The van der Waals surface area contributed by atoms with Crippen LogP contribution in [0, 0.1) is 35.5 Å². The molecule has 0 aliphatic carbocycles. The van der Waals surface area contributed by atoms with Crippen molar-refractivity contribution in [1.82, 2.24) is 0 Å². The van der Waals surface area contributed by atoms with E-state index in [9.17, 15) is 14.7 Å². The molecule has 0 rings (SSSR count). The molecule has 0 spiro atoms. The zero-order valence-electron chi connectivity index (χ0n) is 50.6. The number of carbonyl (C=O) groups is 2. The standard InChI is InChI=1S/C59H114O7Si4/c1-29-30-33-47(10)55(62)50(13)52(63-67(23,24)57(14,15)16)39-36-45(8)40-49(12)56(66-69(27,28)59(20,21)22)48(11)37-38-51(60)41-53(64-68(25,26)58(17,18)19)46(9)34-31-32-35-54(61)65-70(42(2)3,43(4)5)44(6)7/h29-35,37-38,42-50,52-53,55-56,62H,1,36,39-41H2,2-28H3/b33-30-,34-31+,35-32-,38-37-/t45-,46+,47-,48-,49-,50-,52+,53-,55-,56-/m0/s1. The van der Waals surface area contributed by atoms with Gasteiger partial charge >= 0.3 is 5.97 Å². The van der Waals surface area contributed by atoms with E-state index < -0.39 is 39.4 Å². The second-order valence-electron chi connectivity index (χ2n) is 27.1. The van der Waals surface area contributed by atoms with Gasteiger partial charge in [0.2, 0.25) is 0 Å². The highest BCUT2D eigenvalue weighted by atomic mass is 28.4. The highest BCUT2D eigenvalue weighted by molar-refractivity contribution is 6.79. The molecule has 11 heteroatoms. The first-order chi connectivity index (χ1) is 31.5. The number of allylic oxidation sites excluding steroid dienone is 5. The van der Waals surface area contributed by atoms with Crippen molar-refractivity contribution in [3.05, 3.63) is 61.3 Å².